The average molecular weight is 270 g/mol. The number of aryl methyl sites for hydroxylation is 1. The van der Waals surface area contributed by atoms with Gasteiger partial charge in [0, 0.05) is 18.1 Å². The molecule has 4 rings (SSSR count). The van der Waals surface area contributed by atoms with Crippen LogP contribution in [-0.2, 0) is 6.42 Å². The Morgan fingerprint density at radius 3 is 2.95 bits per heavy atom. The lowest BCUT2D eigenvalue weighted by Gasteiger charge is -2.38. The zero-order chi connectivity index (χ0) is 13.4. The van der Waals surface area contributed by atoms with E-state index in [1.165, 1.54) is 58.0 Å². The molecule has 3 atom stereocenters. The van der Waals surface area contributed by atoms with Gasteiger partial charge in [0.05, 0.1) is 0 Å². The van der Waals surface area contributed by atoms with Gasteiger partial charge in [0.15, 0.2) is 0 Å². The second-order valence-electron chi connectivity index (χ2n) is 6.86. The highest BCUT2D eigenvalue weighted by Crippen LogP contribution is 2.32. The summed E-state index contributed by atoms with van der Waals surface area (Å²) in [5, 5.41) is 4.00. The summed E-state index contributed by atoms with van der Waals surface area (Å²) >= 11 is 0. The van der Waals surface area contributed by atoms with Crippen molar-refractivity contribution in [2.75, 3.05) is 13.1 Å². The van der Waals surface area contributed by atoms with Crippen LogP contribution in [-0.4, -0.2) is 30.1 Å². The number of rotatable bonds is 2. The highest BCUT2D eigenvalue weighted by molar-refractivity contribution is 5.32. The Kier molecular flexibility index (Phi) is 3.53. The van der Waals surface area contributed by atoms with Crippen LogP contribution in [0.15, 0.2) is 24.3 Å². The molecule has 1 aliphatic carbocycles. The lowest BCUT2D eigenvalue weighted by Crippen LogP contribution is -2.47. The van der Waals surface area contributed by atoms with E-state index in [1.54, 1.807) is 11.1 Å². The van der Waals surface area contributed by atoms with Crippen LogP contribution in [0.25, 0.3) is 0 Å². The molecule has 0 aromatic heterocycles. The van der Waals surface area contributed by atoms with Gasteiger partial charge in [0.25, 0.3) is 0 Å². The Morgan fingerprint density at radius 1 is 1.00 bits per heavy atom. The van der Waals surface area contributed by atoms with E-state index in [2.05, 4.69) is 34.5 Å². The van der Waals surface area contributed by atoms with Crippen molar-refractivity contribution in [1.82, 2.24) is 10.2 Å². The van der Waals surface area contributed by atoms with E-state index in [9.17, 15) is 0 Å². The molecule has 1 N–H and O–H groups in total. The third kappa shape index (κ3) is 2.40. The molecule has 1 aromatic rings. The Hall–Kier alpha value is -0.860. The van der Waals surface area contributed by atoms with Crippen LogP contribution >= 0.6 is 0 Å². The second kappa shape index (κ2) is 5.50. The molecule has 0 spiro atoms. The Labute approximate surface area is 122 Å². The Morgan fingerprint density at radius 2 is 1.95 bits per heavy atom. The van der Waals surface area contributed by atoms with Gasteiger partial charge in [-0.05, 0) is 69.2 Å². The van der Waals surface area contributed by atoms with E-state index in [4.69, 9.17) is 0 Å². The van der Waals surface area contributed by atoms with Gasteiger partial charge >= 0.3 is 0 Å². The minimum absolute atomic E-state index is 0.609. The maximum atomic E-state index is 4.00. The monoisotopic (exact) mass is 270 g/mol. The van der Waals surface area contributed by atoms with Gasteiger partial charge in [-0.1, -0.05) is 24.3 Å². The molecule has 0 saturated carbocycles. The van der Waals surface area contributed by atoms with E-state index >= 15 is 0 Å². The summed E-state index contributed by atoms with van der Waals surface area (Å²) in [5.41, 5.74) is 3.15. The molecule has 3 unspecified atom stereocenters. The van der Waals surface area contributed by atoms with Gasteiger partial charge in [-0.25, -0.2) is 0 Å². The standard InChI is InChI=1S/C18H26N2/c1-2-8-17-14(5-1)6-3-9-18(17)19-15-10-12-20-11-4-7-16(20)13-15/h1-2,5,8,15-16,18-19H,3-4,6-7,9-13H2. The van der Waals surface area contributed by atoms with Crippen LogP contribution in [0.1, 0.15) is 55.7 Å². The molecule has 1 aromatic carbocycles. The topological polar surface area (TPSA) is 15.3 Å². The number of nitrogens with one attached hydrogen (secondary N) is 1. The molecule has 2 nitrogen and oxygen atoms in total. The third-order valence-electron chi connectivity index (χ3n) is 5.63. The number of piperidine rings is 1. The van der Waals surface area contributed by atoms with Crippen LogP contribution < -0.4 is 5.32 Å². The molecule has 3 aliphatic rings. The summed E-state index contributed by atoms with van der Waals surface area (Å²) in [6, 6.07) is 11.3. The van der Waals surface area contributed by atoms with Crippen molar-refractivity contribution in [3.8, 4) is 0 Å². The van der Waals surface area contributed by atoms with Crippen LogP contribution in [0, 0.1) is 0 Å². The van der Waals surface area contributed by atoms with Crippen LogP contribution in [0.3, 0.4) is 0 Å². The number of hydrogen-bond acceptors (Lipinski definition) is 2. The molecule has 20 heavy (non-hydrogen) atoms. The van der Waals surface area contributed by atoms with E-state index in [0.29, 0.717) is 6.04 Å². The predicted octanol–water partition coefficient (Wildman–Crippen LogP) is 3.28. The smallest absolute Gasteiger partial charge is 0.0325 e. The van der Waals surface area contributed by atoms with E-state index in [-0.39, 0.29) is 0 Å². The molecular formula is C18H26N2. The average Bonchev–Trinajstić information content (AvgIpc) is 2.95. The zero-order valence-electron chi connectivity index (χ0n) is 12.4. The molecule has 2 saturated heterocycles. The Balaban J connectivity index is 1.45. The minimum Gasteiger partial charge on any atom is -0.307 e. The fraction of sp³-hybridized carbons (Fsp3) is 0.667. The fourth-order valence-electron chi connectivity index (χ4n) is 4.59. The predicted molar refractivity (Wildman–Crippen MR) is 82.9 cm³/mol. The molecule has 0 amide bonds. The van der Waals surface area contributed by atoms with Crippen LogP contribution in [0.5, 0.6) is 0 Å². The first-order valence-corrected chi connectivity index (χ1v) is 8.48. The van der Waals surface area contributed by atoms with E-state index in [0.717, 1.165) is 12.1 Å². The third-order valence-corrected chi connectivity index (χ3v) is 5.63. The summed E-state index contributed by atoms with van der Waals surface area (Å²) in [6.07, 6.45) is 9.51. The summed E-state index contributed by atoms with van der Waals surface area (Å²) in [5.74, 6) is 0. The first kappa shape index (κ1) is 12.8. The van der Waals surface area contributed by atoms with Crippen molar-refractivity contribution in [3.05, 3.63) is 35.4 Å². The van der Waals surface area contributed by atoms with Gasteiger partial charge in [0.2, 0.25) is 0 Å². The van der Waals surface area contributed by atoms with Gasteiger partial charge in [-0.2, -0.15) is 0 Å². The van der Waals surface area contributed by atoms with Crippen molar-refractivity contribution >= 4 is 0 Å². The first-order valence-electron chi connectivity index (χ1n) is 8.48. The van der Waals surface area contributed by atoms with Crippen molar-refractivity contribution < 1.29 is 0 Å². The summed E-state index contributed by atoms with van der Waals surface area (Å²) in [6.45, 7) is 2.67. The quantitative estimate of drug-likeness (QED) is 0.887. The SMILES string of the molecule is c1ccc2c(c1)CCCC2NC1CCN2CCCC2C1. The second-order valence-corrected chi connectivity index (χ2v) is 6.86. The highest BCUT2D eigenvalue weighted by atomic mass is 15.2. The number of fused-ring (bicyclic) bond motifs is 2. The molecule has 108 valence electrons. The first-order chi connectivity index (χ1) is 9.90. The van der Waals surface area contributed by atoms with Gasteiger partial charge in [-0.3, -0.25) is 0 Å². The van der Waals surface area contributed by atoms with Crippen molar-refractivity contribution in [1.29, 1.82) is 0 Å². The normalized spacial score (nSPS) is 33.7. The lowest BCUT2D eigenvalue weighted by molar-refractivity contribution is 0.159. The fourth-order valence-corrected chi connectivity index (χ4v) is 4.59. The molecule has 2 heterocycles. The molecule has 0 radical (unpaired) electrons. The lowest BCUT2D eigenvalue weighted by atomic mass is 9.86. The summed E-state index contributed by atoms with van der Waals surface area (Å²) in [4.78, 5) is 2.72. The van der Waals surface area contributed by atoms with Crippen molar-refractivity contribution in [2.45, 2.75) is 63.1 Å². The largest absolute Gasteiger partial charge is 0.307 e. The molecule has 2 heteroatoms. The Bertz CT molecular complexity index is 470. The molecular weight excluding hydrogens is 244 g/mol. The van der Waals surface area contributed by atoms with Gasteiger partial charge < -0.3 is 10.2 Å². The molecule has 2 aliphatic heterocycles. The van der Waals surface area contributed by atoms with E-state index < -0.39 is 0 Å². The highest BCUT2D eigenvalue weighted by Gasteiger charge is 2.33. The van der Waals surface area contributed by atoms with E-state index in [1.807, 2.05) is 0 Å². The van der Waals surface area contributed by atoms with Crippen LogP contribution in [0.4, 0.5) is 0 Å². The molecule has 2 fully saturated rings. The maximum Gasteiger partial charge on any atom is 0.0325 e. The molecule has 0 bridgehead atoms. The number of nitrogens with zero attached hydrogens (tertiary/aromatic N) is 1. The van der Waals surface area contributed by atoms with Crippen molar-refractivity contribution in [3.63, 3.8) is 0 Å². The number of benzene rings is 1. The van der Waals surface area contributed by atoms with Gasteiger partial charge in [-0.15, -0.1) is 0 Å². The summed E-state index contributed by atoms with van der Waals surface area (Å²) < 4.78 is 0. The summed E-state index contributed by atoms with van der Waals surface area (Å²) in [7, 11) is 0. The minimum atomic E-state index is 0.609. The number of hydrogen-bond donors (Lipinski definition) is 1. The zero-order valence-corrected chi connectivity index (χ0v) is 12.4. The maximum absolute atomic E-state index is 4.00. The van der Waals surface area contributed by atoms with Crippen LogP contribution in [0.2, 0.25) is 0 Å². The van der Waals surface area contributed by atoms with Gasteiger partial charge in [0.1, 0.15) is 0 Å². The van der Waals surface area contributed by atoms with Crippen molar-refractivity contribution in [2.24, 2.45) is 0 Å².